The zero-order valence-corrected chi connectivity index (χ0v) is 7.44. The average Bonchev–Trinajstić information content (AvgIpc) is 2.17. The van der Waals surface area contributed by atoms with Crippen molar-refractivity contribution in [2.75, 3.05) is 6.54 Å². The second-order valence-electron chi connectivity index (χ2n) is 2.98. The summed E-state index contributed by atoms with van der Waals surface area (Å²) < 4.78 is 0. The number of nitrogens with two attached hydrogens (primary N) is 1. The summed E-state index contributed by atoms with van der Waals surface area (Å²) in [6, 6.07) is 0. The SMILES string of the molecule is CC1=C(NN)NC2=CCNC=C2N1. The van der Waals surface area contributed by atoms with E-state index in [0.29, 0.717) is 0 Å². The highest BCUT2D eigenvalue weighted by atomic mass is 15.3. The number of dihydropyridines is 1. The minimum Gasteiger partial charge on any atom is -0.386 e. The highest BCUT2D eigenvalue weighted by molar-refractivity contribution is 5.39. The summed E-state index contributed by atoms with van der Waals surface area (Å²) in [7, 11) is 0. The first kappa shape index (κ1) is 8.00. The lowest BCUT2D eigenvalue weighted by Crippen LogP contribution is -2.41. The number of rotatable bonds is 1. The normalized spacial score (nSPS) is 20.2. The van der Waals surface area contributed by atoms with Crippen molar-refractivity contribution in [3.63, 3.8) is 0 Å². The maximum absolute atomic E-state index is 5.34. The Morgan fingerprint density at radius 2 is 2.23 bits per heavy atom. The van der Waals surface area contributed by atoms with E-state index in [0.717, 1.165) is 29.5 Å². The van der Waals surface area contributed by atoms with Crippen LogP contribution in [0.2, 0.25) is 0 Å². The molecule has 13 heavy (non-hydrogen) atoms. The molecule has 0 radical (unpaired) electrons. The summed E-state index contributed by atoms with van der Waals surface area (Å²) >= 11 is 0. The first-order chi connectivity index (χ1) is 6.31. The third-order valence-electron chi connectivity index (χ3n) is 2.06. The van der Waals surface area contributed by atoms with Crippen LogP contribution in [0.25, 0.3) is 0 Å². The minimum atomic E-state index is 0.810. The molecule has 2 aliphatic rings. The van der Waals surface area contributed by atoms with Gasteiger partial charge in [0, 0.05) is 12.7 Å². The van der Waals surface area contributed by atoms with Gasteiger partial charge in [-0.3, -0.25) is 0 Å². The van der Waals surface area contributed by atoms with Crippen molar-refractivity contribution < 1.29 is 0 Å². The fraction of sp³-hybridized carbons (Fsp3) is 0.250. The lowest BCUT2D eigenvalue weighted by Gasteiger charge is -2.28. The maximum atomic E-state index is 5.34. The highest BCUT2D eigenvalue weighted by Gasteiger charge is 2.17. The van der Waals surface area contributed by atoms with Gasteiger partial charge in [0.1, 0.15) is 5.82 Å². The number of hydrogen-bond donors (Lipinski definition) is 5. The van der Waals surface area contributed by atoms with E-state index < -0.39 is 0 Å². The van der Waals surface area contributed by atoms with E-state index in [1.165, 1.54) is 0 Å². The molecule has 2 aliphatic heterocycles. The number of nitrogens with one attached hydrogen (secondary N) is 4. The highest BCUT2D eigenvalue weighted by Crippen LogP contribution is 2.14. The van der Waals surface area contributed by atoms with Crippen molar-refractivity contribution in [3.8, 4) is 0 Å². The zero-order valence-electron chi connectivity index (χ0n) is 7.44. The van der Waals surface area contributed by atoms with Gasteiger partial charge in [0.15, 0.2) is 0 Å². The molecule has 0 saturated heterocycles. The van der Waals surface area contributed by atoms with Crippen molar-refractivity contribution in [3.05, 3.63) is 35.2 Å². The molecule has 0 amide bonds. The van der Waals surface area contributed by atoms with E-state index in [-0.39, 0.29) is 0 Å². The smallest absolute Gasteiger partial charge is 0.137 e. The topological polar surface area (TPSA) is 74.1 Å². The van der Waals surface area contributed by atoms with Gasteiger partial charge < -0.3 is 21.4 Å². The Morgan fingerprint density at radius 3 is 3.00 bits per heavy atom. The fourth-order valence-corrected chi connectivity index (χ4v) is 1.37. The van der Waals surface area contributed by atoms with Gasteiger partial charge in [0.05, 0.1) is 17.1 Å². The monoisotopic (exact) mass is 179 g/mol. The van der Waals surface area contributed by atoms with E-state index in [1.807, 2.05) is 13.1 Å². The average molecular weight is 179 g/mol. The van der Waals surface area contributed by atoms with Crippen LogP contribution in [-0.2, 0) is 0 Å². The minimum absolute atomic E-state index is 0.810. The molecule has 0 saturated carbocycles. The number of fused-ring (bicyclic) bond motifs is 1. The van der Waals surface area contributed by atoms with Gasteiger partial charge in [-0.1, -0.05) is 0 Å². The second kappa shape index (κ2) is 3.02. The Morgan fingerprint density at radius 1 is 1.38 bits per heavy atom. The standard InChI is InChI=1S/C8H13N5/c1-5-8(13-9)12-6-2-3-10-4-7(6)11-5/h2,4,10-13H,3,9H2,1H3. The molecule has 0 bridgehead atoms. The lowest BCUT2D eigenvalue weighted by molar-refractivity contribution is 0.683. The summed E-state index contributed by atoms with van der Waals surface area (Å²) in [5.74, 6) is 6.15. The Balaban J connectivity index is 2.29. The summed E-state index contributed by atoms with van der Waals surface area (Å²) in [6.07, 6.45) is 4.01. The molecule has 5 nitrogen and oxygen atoms in total. The molecule has 6 N–H and O–H groups in total. The lowest BCUT2D eigenvalue weighted by atomic mass is 10.2. The van der Waals surface area contributed by atoms with Crippen molar-refractivity contribution >= 4 is 0 Å². The van der Waals surface area contributed by atoms with Crippen molar-refractivity contribution in [2.45, 2.75) is 6.92 Å². The summed E-state index contributed by atoms with van der Waals surface area (Å²) in [5.41, 5.74) is 5.68. The van der Waals surface area contributed by atoms with Crippen LogP contribution in [0.5, 0.6) is 0 Å². The molecular weight excluding hydrogens is 166 g/mol. The zero-order chi connectivity index (χ0) is 9.26. The van der Waals surface area contributed by atoms with Gasteiger partial charge in [-0.15, -0.1) is 0 Å². The third kappa shape index (κ3) is 1.33. The number of allylic oxidation sites excluding steroid dienone is 1. The molecule has 0 aromatic carbocycles. The Kier molecular flexibility index (Phi) is 1.86. The fourth-order valence-electron chi connectivity index (χ4n) is 1.37. The summed E-state index contributed by atoms with van der Waals surface area (Å²) in [5, 5.41) is 9.54. The molecule has 5 heteroatoms. The van der Waals surface area contributed by atoms with Crippen molar-refractivity contribution in [1.29, 1.82) is 0 Å². The maximum Gasteiger partial charge on any atom is 0.137 e. The molecule has 0 aromatic rings. The van der Waals surface area contributed by atoms with Gasteiger partial charge in [0.25, 0.3) is 0 Å². The van der Waals surface area contributed by atoms with Gasteiger partial charge in [0.2, 0.25) is 0 Å². The van der Waals surface area contributed by atoms with Crippen molar-refractivity contribution in [2.24, 2.45) is 5.84 Å². The molecular formula is C8H13N5. The molecule has 0 atom stereocenters. The van der Waals surface area contributed by atoms with Gasteiger partial charge in [-0.05, 0) is 13.0 Å². The number of hydrogen-bond acceptors (Lipinski definition) is 5. The Bertz CT molecular complexity index is 312. The van der Waals surface area contributed by atoms with E-state index in [2.05, 4.69) is 27.5 Å². The van der Waals surface area contributed by atoms with Crippen molar-refractivity contribution in [1.82, 2.24) is 21.4 Å². The predicted molar refractivity (Wildman–Crippen MR) is 50.5 cm³/mol. The number of hydrazine groups is 1. The molecule has 70 valence electrons. The Hall–Kier alpha value is -1.62. The van der Waals surface area contributed by atoms with Gasteiger partial charge >= 0.3 is 0 Å². The van der Waals surface area contributed by atoms with Crippen LogP contribution in [0.4, 0.5) is 0 Å². The first-order valence-electron chi connectivity index (χ1n) is 4.17. The van der Waals surface area contributed by atoms with Gasteiger partial charge in [-0.2, -0.15) is 0 Å². The second-order valence-corrected chi connectivity index (χ2v) is 2.98. The molecule has 0 spiro atoms. The Labute approximate surface area is 76.7 Å². The molecule has 0 aliphatic carbocycles. The van der Waals surface area contributed by atoms with E-state index in [9.17, 15) is 0 Å². The van der Waals surface area contributed by atoms with Crippen LogP contribution in [0, 0.1) is 0 Å². The molecule has 0 fully saturated rings. The quantitative estimate of drug-likeness (QED) is 0.268. The third-order valence-corrected chi connectivity index (χ3v) is 2.06. The van der Waals surface area contributed by atoms with Crippen LogP contribution in [0.1, 0.15) is 6.92 Å². The molecule has 0 aromatic heterocycles. The van der Waals surface area contributed by atoms with Crippen LogP contribution < -0.4 is 27.2 Å². The van der Waals surface area contributed by atoms with Crippen LogP contribution in [-0.4, -0.2) is 6.54 Å². The van der Waals surface area contributed by atoms with E-state index in [1.54, 1.807) is 0 Å². The van der Waals surface area contributed by atoms with Crippen LogP contribution >= 0.6 is 0 Å². The molecule has 2 rings (SSSR count). The van der Waals surface area contributed by atoms with Gasteiger partial charge in [-0.25, -0.2) is 5.84 Å². The van der Waals surface area contributed by atoms with Crippen LogP contribution in [0.15, 0.2) is 35.2 Å². The first-order valence-corrected chi connectivity index (χ1v) is 4.17. The summed E-state index contributed by atoms with van der Waals surface area (Å²) in [6.45, 7) is 2.79. The largest absolute Gasteiger partial charge is 0.386 e. The van der Waals surface area contributed by atoms with E-state index >= 15 is 0 Å². The molecule has 2 heterocycles. The van der Waals surface area contributed by atoms with Crippen LogP contribution in [0.3, 0.4) is 0 Å². The van der Waals surface area contributed by atoms with E-state index in [4.69, 9.17) is 5.84 Å². The predicted octanol–water partition coefficient (Wildman–Crippen LogP) is -0.840. The molecule has 0 unspecified atom stereocenters. The summed E-state index contributed by atoms with van der Waals surface area (Å²) in [4.78, 5) is 0.